The highest BCUT2D eigenvalue weighted by atomic mass is 16.7. The van der Waals surface area contributed by atoms with E-state index in [1.165, 1.54) is 27.7 Å². The van der Waals surface area contributed by atoms with Crippen molar-refractivity contribution in [1.82, 2.24) is 26.6 Å². The average Bonchev–Trinajstić information content (AvgIpc) is 0.816. The van der Waals surface area contributed by atoms with Crippen LogP contribution in [0.2, 0.25) is 0 Å². The van der Waals surface area contributed by atoms with Gasteiger partial charge in [-0.25, -0.2) is 0 Å². The van der Waals surface area contributed by atoms with Crippen LogP contribution >= 0.6 is 0 Å². The molecule has 2 rings (SSSR count). The van der Waals surface area contributed by atoms with Crippen LogP contribution in [-0.4, -0.2) is 277 Å². The van der Waals surface area contributed by atoms with Crippen molar-refractivity contribution < 1.29 is 138 Å². The van der Waals surface area contributed by atoms with Gasteiger partial charge in [0.2, 0.25) is 29.5 Å². The Morgan fingerprint density at radius 2 is 0.809 bits per heavy atom. The predicted octanol–water partition coefficient (Wildman–Crippen LogP) is -2.58. The van der Waals surface area contributed by atoms with Gasteiger partial charge in [0.1, 0.15) is 49.3 Å². The van der Waals surface area contributed by atoms with Crippen LogP contribution in [0.4, 0.5) is 0 Å². The molecule has 0 radical (unpaired) electrons. The van der Waals surface area contributed by atoms with Crippen LogP contribution in [-0.2, 0) is 138 Å². The Morgan fingerprint density at radius 1 is 0.426 bits per heavy atom. The summed E-state index contributed by atoms with van der Waals surface area (Å²) in [5.74, 6) is -6.40. The molecular formula is C59H98N6O29. The van der Waals surface area contributed by atoms with Crippen LogP contribution in [0.15, 0.2) is 0 Å². The number of aldehydes is 1. The van der Waals surface area contributed by atoms with Gasteiger partial charge in [-0.3, -0.25) is 52.7 Å². The molecule has 0 aromatic rings. The van der Waals surface area contributed by atoms with Gasteiger partial charge < -0.3 is 118 Å². The summed E-state index contributed by atoms with van der Waals surface area (Å²) >= 11 is 0. The molecule has 2 aliphatic rings. The smallest absolute Gasteiger partial charge is 0.303 e. The van der Waals surface area contributed by atoms with Gasteiger partial charge in [0.15, 0.2) is 37.0 Å². The number of unbranched alkanes of at least 4 members (excludes halogenated alkanes) is 2. The minimum Gasteiger partial charge on any atom is -0.463 e. The molecular weight excluding hydrogens is 1260 g/mol. The fourth-order valence-electron chi connectivity index (χ4n) is 9.12. The number of hydrogen-bond donors (Lipinski definition) is 6. The molecule has 0 aromatic heterocycles. The standard InChI is InChI=1S/C59H98N6O29/c1-38(67)63-51-55(91-44(7)73)53(89-42(5)71)46(33-87-40(3)69)93-57(51)85-31-29-80-27-25-78-23-17-61-48(75)14-21-83-36-59(35-82-20-12-19-66,65-50(77)13-10-9-11-16-60)37-84-22-15-49(76)62-18-24-79-26-28-81-30-32-86-58-52(64-39(2)68)56(92-45(8)74)54(90-43(6)72)47(94-58)34-88-41(4)70/h19,46-47,51-58H,9-18,20-37,60H2,1-8H3,(H,61,75)(H,62,76)(H,63,67)(H,64,68)(H,65,77). The molecule has 0 saturated carbocycles. The fraction of sp³-hybridized carbons (Fsp3) is 0.797. The van der Waals surface area contributed by atoms with Crippen LogP contribution in [0.3, 0.4) is 0 Å². The molecule has 10 unspecified atom stereocenters. The fourth-order valence-corrected chi connectivity index (χ4v) is 9.12. The van der Waals surface area contributed by atoms with E-state index in [-0.39, 0.29) is 175 Å². The summed E-state index contributed by atoms with van der Waals surface area (Å²) in [5, 5.41) is 13.6. The topological polar surface area (TPSA) is 448 Å². The Bertz CT molecular complexity index is 2190. The number of carbonyl (C=O) groups is 12. The van der Waals surface area contributed by atoms with E-state index < -0.39 is 114 Å². The second-order valence-corrected chi connectivity index (χ2v) is 21.4. The predicted molar refractivity (Wildman–Crippen MR) is 320 cm³/mol. The van der Waals surface area contributed by atoms with Crippen molar-refractivity contribution in [1.29, 1.82) is 0 Å². The molecule has 2 heterocycles. The summed E-state index contributed by atoms with van der Waals surface area (Å²) in [6.07, 6.45) is -7.10. The van der Waals surface area contributed by atoms with Crippen LogP contribution < -0.4 is 32.3 Å². The minimum absolute atomic E-state index is 0.0199. The lowest BCUT2D eigenvalue weighted by atomic mass is 9.96. The number of nitrogens with two attached hydrogens (primary N) is 1. The maximum atomic E-state index is 13.3. The SMILES string of the molecule is CC(=O)NC1C(OCCOCCOCCNC(=O)CCOCC(COCCC=O)(COCCC(=O)NCCOCCOCCOC2OC(COC(C)=O)C(OC(C)=O)C(OC(C)=O)C2NC(C)=O)NC(=O)CCCCCN)OC(COC(C)=O)C(OC(C)=O)C1OC(C)=O. The van der Waals surface area contributed by atoms with E-state index in [0.717, 1.165) is 40.5 Å². The summed E-state index contributed by atoms with van der Waals surface area (Å²) in [4.78, 5) is 146. The molecule has 5 amide bonds. The highest BCUT2D eigenvalue weighted by molar-refractivity contribution is 5.78. The number of ether oxygens (including phenoxy) is 17. The molecule has 2 fully saturated rings. The first-order valence-electron chi connectivity index (χ1n) is 31.0. The first kappa shape index (κ1) is 83.5. The van der Waals surface area contributed by atoms with Crippen LogP contribution in [0.25, 0.3) is 0 Å². The largest absolute Gasteiger partial charge is 0.463 e. The summed E-state index contributed by atoms with van der Waals surface area (Å²) < 4.78 is 95.5. The van der Waals surface area contributed by atoms with E-state index >= 15 is 0 Å². The zero-order valence-electron chi connectivity index (χ0n) is 55.1. The Morgan fingerprint density at radius 3 is 1.18 bits per heavy atom. The number of hydrogen-bond acceptors (Lipinski definition) is 30. The van der Waals surface area contributed by atoms with Crippen molar-refractivity contribution in [3.8, 4) is 0 Å². The molecule has 0 bridgehead atoms. The number of nitrogens with one attached hydrogen (secondary N) is 5. The van der Waals surface area contributed by atoms with E-state index in [1.54, 1.807) is 0 Å². The summed E-state index contributed by atoms with van der Waals surface area (Å²) in [6, 6.07) is -2.28. The number of rotatable bonds is 51. The van der Waals surface area contributed by atoms with Crippen molar-refractivity contribution in [2.24, 2.45) is 5.73 Å². The van der Waals surface area contributed by atoms with Gasteiger partial charge in [0.05, 0.1) is 106 Å². The van der Waals surface area contributed by atoms with E-state index in [4.69, 9.17) is 86.3 Å². The van der Waals surface area contributed by atoms with E-state index in [1.807, 2.05) is 0 Å². The van der Waals surface area contributed by atoms with E-state index in [2.05, 4.69) is 26.6 Å². The zero-order valence-corrected chi connectivity index (χ0v) is 55.1. The molecule has 0 aliphatic carbocycles. The molecule has 7 N–H and O–H groups in total. The second-order valence-electron chi connectivity index (χ2n) is 21.4. The van der Waals surface area contributed by atoms with Crippen molar-refractivity contribution in [3.63, 3.8) is 0 Å². The molecule has 94 heavy (non-hydrogen) atoms. The maximum absolute atomic E-state index is 13.3. The van der Waals surface area contributed by atoms with E-state index in [9.17, 15) is 57.5 Å². The molecule has 35 nitrogen and oxygen atoms in total. The van der Waals surface area contributed by atoms with Gasteiger partial charge in [-0.1, -0.05) is 6.42 Å². The molecule has 2 saturated heterocycles. The highest BCUT2D eigenvalue weighted by Crippen LogP contribution is 2.30. The summed E-state index contributed by atoms with van der Waals surface area (Å²) in [5.41, 5.74) is 4.34. The van der Waals surface area contributed by atoms with Crippen molar-refractivity contribution in [2.75, 3.05) is 139 Å². The van der Waals surface area contributed by atoms with Gasteiger partial charge in [0.25, 0.3) is 0 Å². The van der Waals surface area contributed by atoms with Gasteiger partial charge in [-0.2, -0.15) is 0 Å². The number of amides is 5. The summed E-state index contributed by atoms with van der Waals surface area (Å²) in [6.45, 7) is 9.34. The molecule has 538 valence electrons. The Hall–Kier alpha value is -6.64. The Balaban J connectivity index is 1.83. The molecule has 0 spiro atoms. The third-order valence-electron chi connectivity index (χ3n) is 13.0. The molecule has 2 aliphatic heterocycles. The average molecular weight is 1360 g/mol. The zero-order chi connectivity index (χ0) is 69.7. The molecule has 35 heteroatoms. The monoisotopic (exact) mass is 1350 g/mol. The van der Waals surface area contributed by atoms with Crippen LogP contribution in [0.1, 0.15) is 100 Å². The minimum atomic E-state index is -1.29. The summed E-state index contributed by atoms with van der Waals surface area (Å²) in [7, 11) is 0. The van der Waals surface area contributed by atoms with Crippen molar-refractivity contribution in [3.05, 3.63) is 0 Å². The quantitative estimate of drug-likeness (QED) is 0.0158. The number of carbonyl (C=O) groups excluding carboxylic acids is 12. The normalized spacial score (nSPS) is 21.4. The van der Waals surface area contributed by atoms with Gasteiger partial charge in [-0.05, 0) is 19.4 Å². The van der Waals surface area contributed by atoms with Gasteiger partial charge >= 0.3 is 35.8 Å². The molecule has 0 aromatic carbocycles. The van der Waals surface area contributed by atoms with Crippen molar-refractivity contribution in [2.45, 2.75) is 167 Å². The third kappa shape index (κ3) is 37.5. The van der Waals surface area contributed by atoms with Crippen molar-refractivity contribution >= 4 is 71.6 Å². The Labute approximate surface area is 546 Å². The Kier molecular flexibility index (Phi) is 43.5. The van der Waals surface area contributed by atoms with Crippen LogP contribution in [0, 0.1) is 0 Å². The molecule has 10 atom stereocenters. The third-order valence-corrected chi connectivity index (χ3v) is 13.0. The lowest BCUT2D eigenvalue weighted by Crippen LogP contribution is -2.66. The second kappa shape index (κ2) is 49.0. The van der Waals surface area contributed by atoms with Crippen LogP contribution in [0.5, 0.6) is 0 Å². The number of esters is 6. The highest BCUT2D eigenvalue weighted by Gasteiger charge is 2.53. The maximum Gasteiger partial charge on any atom is 0.303 e. The lowest BCUT2D eigenvalue weighted by molar-refractivity contribution is -0.279. The first-order chi connectivity index (χ1) is 44.9. The van der Waals surface area contributed by atoms with Gasteiger partial charge in [0, 0.05) is 94.2 Å². The first-order valence-corrected chi connectivity index (χ1v) is 31.0. The van der Waals surface area contributed by atoms with Gasteiger partial charge in [-0.15, -0.1) is 0 Å². The lowest BCUT2D eigenvalue weighted by Gasteiger charge is -2.44. The van der Waals surface area contributed by atoms with E-state index in [0.29, 0.717) is 19.3 Å².